The molecule has 1 aliphatic carbocycles. The maximum atomic E-state index is 13.7. The lowest BCUT2D eigenvalue weighted by atomic mass is 9.73. The molecule has 0 aromatic heterocycles. The zero-order valence-corrected chi connectivity index (χ0v) is 9.17. The second-order valence-electron chi connectivity index (χ2n) is 4.94. The lowest BCUT2D eigenvalue weighted by molar-refractivity contribution is 0.0898. The molecule has 15 heavy (non-hydrogen) atoms. The molecular weight excluding hydrogens is 189 g/mol. The highest BCUT2D eigenvalue weighted by Gasteiger charge is 2.38. The van der Waals surface area contributed by atoms with Gasteiger partial charge in [-0.3, -0.25) is 0 Å². The van der Waals surface area contributed by atoms with Gasteiger partial charge in [-0.05, 0) is 38.2 Å². The number of hydrogen-bond donors (Lipinski definition) is 1. The molecule has 0 radical (unpaired) electrons. The lowest BCUT2D eigenvalue weighted by Gasteiger charge is -2.39. The van der Waals surface area contributed by atoms with Crippen LogP contribution in [0.2, 0.25) is 0 Å². The van der Waals surface area contributed by atoms with Gasteiger partial charge in [0.15, 0.2) is 0 Å². The fraction of sp³-hybridized carbons (Fsp3) is 0.538. The van der Waals surface area contributed by atoms with Crippen molar-refractivity contribution in [3.8, 4) is 0 Å². The molecule has 82 valence electrons. The van der Waals surface area contributed by atoms with E-state index in [1.54, 1.807) is 6.92 Å². The van der Waals surface area contributed by atoms with Crippen molar-refractivity contribution in [2.45, 2.75) is 43.8 Å². The van der Waals surface area contributed by atoms with Crippen molar-refractivity contribution in [1.29, 1.82) is 0 Å². The molecule has 1 nitrogen and oxygen atoms in total. The molecule has 1 aromatic rings. The van der Waals surface area contributed by atoms with Crippen LogP contribution in [0.15, 0.2) is 30.3 Å². The number of nitrogens with two attached hydrogens (primary N) is 1. The molecule has 1 aromatic carbocycles. The first-order valence-electron chi connectivity index (χ1n) is 5.55. The van der Waals surface area contributed by atoms with Crippen LogP contribution in [-0.4, -0.2) is 5.67 Å². The van der Waals surface area contributed by atoms with Crippen molar-refractivity contribution >= 4 is 0 Å². The van der Waals surface area contributed by atoms with E-state index in [4.69, 9.17) is 5.73 Å². The van der Waals surface area contributed by atoms with Crippen molar-refractivity contribution in [2.75, 3.05) is 0 Å². The number of hydrogen-bond acceptors (Lipinski definition) is 1. The molecule has 0 heterocycles. The Morgan fingerprint density at radius 2 is 1.60 bits per heavy atom. The summed E-state index contributed by atoms with van der Waals surface area (Å²) in [6, 6.07) is 10.1. The zero-order valence-electron chi connectivity index (χ0n) is 9.17. The lowest BCUT2D eigenvalue weighted by Crippen LogP contribution is -2.43. The second-order valence-corrected chi connectivity index (χ2v) is 4.94. The van der Waals surface area contributed by atoms with Gasteiger partial charge >= 0.3 is 0 Å². The number of alkyl halides is 1. The predicted molar refractivity (Wildman–Crippen MR) is 60.3 cm³/mol. The van der Waals surface area contributed by atoms with E-state index in [-0.39, 0.29) is 5.54 Å². The molecule has 0 atom stereocenters. The zero-order chi connectivity index (χ0) is 10.9. The van der Waals surface area contributed by atoms with Crippen LogP contribution in [0.3, 0.4) is 0 Å². The van der Waals surface area contributed by atoms with Gasteiger partial charge in [0, 0.05) is 5.54 Å². The Bertz CT molecular complexity index is 322. The van der Waals surface area contributed by atoms with Gasteiger partial charge in [0.1, 0.15) is 5.67 Å². The van der Waals surface area contributed by atoms with Crippen LogP contribution in [0.5, 0.6) is 0 Å². The minimum Gasteiger partial charge on any atom is -0.321 e. The van der Waals surface area contributed by atoms with Crippen LogP contribution in [0.25, 0.3) is 0 Å². The summed E-state index contributed by atoms with van der Waals surface area (Å²) in [7, 11) is 0. The Labute approximate surface area is 90.5 Å². The van der Waals surface area contributed by atoms with E-state index in [1.165, 1.54) is 0 Å². The molecule has 0 spiro atoms. The van der Waals surface area contributed by atoms with Crippen LogP contribution >= 0.6 is 0 Å². The van der Waals surface area contributed by atoms with Crippen molar-refractivity contribution in [1.82, 2.24) is 0 Å². The third-order valence-electron chi connectivity index (χ3n) is 3.53. The van der Waals surface area contributed by atoms with E-state index in [9.17, 15) is 4.39 Å². The van der Waals surface area contributed by atoms with E-state index in [0.29, 0.717) is 12.8 Å². The summed E-state index contributed by atoms with van der Waals surface area (Å²) in [5.74, 6) is 0. The molecule has 2 heteroatoms. The van der Waals surface area contributed by atoms with Crippen LogP contribution in [-0.2, 0) is 5.54 Å². The fourth-order valence-electron chi connectivity index (χ4n) is 2.28. The molecule has 0 unspecified atom stereocenters. The first kappa shape index (κ1) is 10.6. The van der Waals surface area contributed by atoms with Gasteiger partial charge in [-0.2, -0.15) is 0 Å². The summed E-state index contributed by atoms with van der Waals surface area (Å²) in [5, 5.41) is 0. The van der Waals surface area contributed by atoms with Gasteiger partial charge in [-0.1, -0.05) is 30.3 Å². The maximum Gasteiger partial charge on any atom is 0.108 e. The van der Waals surface area contributed by atoms with E-state index in [1.807, 2.05) is 30.3 Å². The van der Waals surface area contributed by atoms with E-state index >= 15 is 0 Å². The molecule has 0 aliphatic heterocycles. The Hall–Kier alpha value is -0.890. The summed E-state index contributed by atoms with van der Waals surface area (Å²) in [6.45, 7) is 1.68. The van der Waals surface area contributed by atoms with Crippen molar-refractivity contribution in [2.24, 2.45) is 5.73 Å². The molecule has 1 saturated carbocycles. The minimum atomic E-state index is -1.02. The standard InChI is InChI=1S/C13H18FN/c1-12(14)7-9-13(15,10-8-12)11-5-3-2-4-6-11/h2-6H,7-10,15H2,1H3. The highest BCUT2D eigenvalue weighted by atomic mass is 19.1. The summed E-state index contributed by atoms with van der Waals surface area (Å²) < 4.78 is 13.7. The largest absolute Gasteiger partial charge is 0.321 e. The number of benzene rings is 1. The highest BCUT2D eigenvalue weighted by molar-refractivity contribution is 5.24. The van der Waals surface area contributed by atoms with Crippen molar-refractivity contribution in [3.63, 3.8) is 0 Å². The fourth-order valence-corrected chi connectivity index (χ4v) is 2.28. The molecule has 1 fully saturated rings. The smallest absolute Gasteiger partial charge is 0.108 e. The third-order valence-corrected chi connectivity index (χ3v) is 3.53. The van der Waals surface area contributed by atoms with Gasteiger partial charge in [0.2, 0.25) is 0 Å². The Morgan fingerprint density at radius 1 is 1.07 bits per heavy atom. The number of halogens is 1. The predicted octanol–water partition coefficient (Wildman–Crippen LogP) is 3.14. The van der Waals surface area contributed by atoms with Crippen LogP contribution < -0.4 is 5.73 Å². The average molecular weight is 207 g/mol. The SMILES string of the molecule is CC1(F)CCC(N)(c2ccccc2)CC1. The van der Waals surface area contributed by atoms with Crippen molar-refractivity contribution in [3.05, 3.63) is 35.9 Å². The first-order valence-corrected chi connectivity index (χ1v) is 5.55. The van der Waals surface area contributed by atoms with Gasteiger partial charge < -0.3 is 5.73 Å². The normalized spacial score (nSPS) is 36.5. The molecule has 1 aliphatic rings. The van der Waals surface area contributed by atoms with E-state index in [0.717, 1.165) is 18.4 Å². The Kier molecular flexibility index (Phi) is 2.55. The van der Waals surface area contributed by atoms with Crippen LogP contribution in [0.1, 0.15) is 38.2 Å². The monoisotopic (exact) mass is 207 g/mol. The van der Waals surface area contributed by atoms with Gasteiger partial charge in [-0.15, -0.1) is 0 Å². The van der Waals surface area contributed by atoms with Crippen LogP contribution in [0, 0.1) is 0 Å². The Morgan fingerprint density at radius 3 is 2.13 bits per heavy atom. The highest BCUT2D eigenvalue weighted by Crippen LogP contribution is 2.40. The van der Waals surface area contributed by atoms with Crippen molar-refractivity contribution < 1.29 is 4.39 Å². The maximum absolute atomic E-state index is 13.7. The van der Waals surface area contributed by atoms with Gasteiger partial charge in [0.25, 0.3) is 0 Å². The number of rotatable bonds is 1. The summed E-state index contributed by atoms with van der Waals surface area (Å²) in [6.07, 6.45) is 2.62. The average Bonchev–Trinajstić information content (AvgIpc) is 2.24. The van der Waals surface area contributed by atoms with Gasteiger partial charge in [0.05, 0.1) is 0 Å². The summed E-state index contributed by atoms with van der Waals surface area (Å²) >= 11 is 0. The quantitative estimate of drug-likeness (QED) is 0.752. The van der Waals surface area contributed by atoms with Gasteiger partial charge in [-0.25, -0.2) is 4.39 Å². The van der Waals surface area contributed by atoms with Crippen LogP contribution in [0.4, 0.5) is 4.39 Å². The summed E-state index contributed by atoms with van der Waals surface area (Å²) in [4.78, 5) is 0. The first-order chi connectivity index (χ1) is 7.02. The molecule has 0 amide bonds. The summed E-state index contributed by atoms with van der Waals surface area (Å²) in [5.41, 5.74) is 6.15. The molecule has 2 N–H and O–H groups in total. The van der Waals surface area contributed by atoms with E-state index < -0.39 is 5.67 Å². The Balaban J connectivity index is 2.17. The molecule has 0 bridgehead atoms. The third kappa shape index (κ3) is 2.20. The minimum absolute atomic E-state index is 0.313. The second kappa shape index (κ2) is 3.60. The molecular formula is C13H18FN. The molecule has 2 rings (SSSR count). The topological polar surface area (TPSA) is 26.0 Å². The van der Waals surface area contributed by atoms with E-state index in [2.05, 4.69) is 0 Å². The molecule has 0 saturated heterocycles.